The molecule has 7 heteroatoms. The highest BCUT2D eigenvalue weighted by Gasteiger charge is 2.29. The van der Waals surface area contributed by atoms with E-state index in [0.717, 1.165) is 23.3 Å². The fraction of sp³-hybridized carbons (Fsp3) is 0.250. The van der Waals surface area contributed by atoms with Gasteiger partial charge in [-0.05, 0) is 30.2 Å². The van der Waals surface area contributed by atoms with Crippen LogP contribution in [0.2, 0.25) is 0 Å². The molecule has 2 rings (SSSR count). The standard InChI is InChI=1S/C16H16F3N3O/c1-22-11-13(10-21-22)4-7-15(23)20-9-8-12-2-5-14(6-3-12)16(17,18)19/h2-7,10-11H,8-9H2,1H3,(H,20,23). The van der Waals surface area contributed by atoms with Crippen LogP contribution >= 0.6 is 0 Å². The van der Waals surface area contributed by atoms with Crippen LogP contribution in [0.25, 0.3) is 6.08 Å². The maximum Gasteiger partial charge on any atom is 0.416 e. The molecule has 23 heavy (non-hydrogen) atoms. The van der Waals surface area contributed by atoms with Crippen LogP contribution in [-0.4, -0.2) is 22.2 Å². The summed E-state index contributed by atoms with van der Waals surface area (Å²) in [6.07, 6.45) is 2.57. The molecule has 1 N–H and O–H groups in total. The number of nitrogens with zero attached hydrogens (tertiary/aromatic N) is 2. The van der Waals surface area contributed by atoms with Gasteiger partial charge < -0.3 is 5.32 Å². The Morgan fingerprint density at radius 3 is 2.57 bits per heavy atom. The molecule has 0 bridgehead atoms. The molecule has 0 saturated carbocycles. The molecule has 1 heterocycles. The van der Waals surface area contributed by atoms with Crippen LogP contribution in [0.15, 0.2) is 42.7 Å². The third kappa shape index (κ3) is 5.28. The normalized spacial score (nSPS) is 11.8. The summed E-state index contributed by atoms with van der Waals surface area (Å²) >= 11 is 0. The molecule has 0 aliphatic heterocycles. The monoisotopic (exact) mass is 323 g/mol. The summed E-state index contributed by atoms with van der Waals surface area (Å²) in [6, 6.07) is 4.92. The second kappa shape index (κ2) is 7.13. The summed E-state index contributed by atoms with van der Waals surface area (Å²) in [4.78, 5) is 11.6. The Labute approximate surface area is 131 Å². The lowest BCUT2D eigenvalue weighted by molar-refractivity contribution is -0.137. The number of hydrogen-bond acceptors (Lipinski definition) is 2. The SMILES string of the molecule is Cn1cc(C=CC(=O)NCCc2ccc(C(F)(F)F)cc2)cn1. The van der Waals surface area contributed by atoms with Crippen LogP contribution in [0, 0.1) is 0 Å². The largest absolute Gasteiger partial charge is 0.416 e. The van der Waals surface area contributed by atoms with E-state index in [4.69, 9.17) is 0 Å². The van der Waals surface area contributed by atoms with Gasteiger partial charge in [-0.3, -0.25) is 9.48 Å². The van der Waals surface area contributed by atoms with Crippen LogP contribution in [0.5, 0.6) is 0 Å². The molecule has 0 aliphatic carbocycles. The fourth-order valence-corrected chi connectivity index (χ4v) is 1.95. The molecule has 122 valence electrons. The van der Waals surface area contributed by atoms with Gasteiger partial charge in [0.05, 0.1) is 11.8 Å². The third-order valence-corrected chi connectivity index (χ3v) is 3.15. The van der Waals surface area contributed by atoms with Gasteiger partial charge in [-0.25, -0.2) is 0 Å². The fourth-order valence-electron chi connectivity index (χ4n) is 1.95. The average molecular weight is 323 g/mol. The maximum atomic E-state index is 12.4. The van der Waals surface area contributed by atoms with Crippen molar-refractivity contribution in [1.29, 1.82) is 0 Å². The Balaban J connectivity index is 1.78. The van der Waals surface area contributed by atoms with Gasteiger partial charge in [-0.1, -0.05) is 12.1 Å². The molecule has 1 aromatic carbocycles. The van der Waals surface area contributed by atoms with Crippen molar-refractivity contribution in [2.75, 3.05) is 6.54 Å². The Kier molecular flexibility index (Phi) is 5.20. The van der Waals surface area contributed by atoms with E-state index >= 15 is 0 Å². The number of nitrogens with one attached hydrogen (secondary N) is 1. The zero-order chi connectivity index (χ0) is 16.9. The topological polar surface area (TPSA) is 46.9 Å². The summed E-state index contributed by atoms with van der Waals surface area (Å²) in [5, 5.41) is 6.65. The van der Waals surface area contributed by atoms with Gasteiger partial charge in [0.2, 0.25) is 5.91 Å². The summed E-state index contributed by atoms with van der Waals surface area (Å²) < 4.78 is 38.9. The molecule has 2 aromatic rings. The number of carbonyl (C=O) groups excluding carboxylic acids is 1. The quantitative estimate of drug-likeness (QED) is 0.860. The maximum absolute atomic E-state index is 12.4. The van der Waals surface area contributed by atoms with Crippen LogP contribution in [0.3, 0.4) is 0 Å². The zero-order valence-corrected chi connectivity index (χ0v) is 12.5. The van der Waals surface area contributed by atoms with Gasteiger partial charge in [-0.15, -0.1) is 0 Å². The highest BCUT2D eigenvalue weighted by Crippen LogP contribution is 2.29. The summed E-state index contributed by atoms with van der Waals surface area (Å²) in [7, 11) is 1.78. The van der Waals surface area contributed by atoms with Gasteiger partial charge in [0, 0.05) is 31.4 Å². The van der Waals surface area contributed by atoms with Crippen molar-refractivity contribution in [1.82, 2.24) is 15.1 Å². The smallest absolute Gasteiger partial charge is 0.352 e. The number of hydrogen-bond donors (Lipinski definition) is 1. The van der Waals surface area contributed by atoms with E-state index in [1.807, 2.05) is 0 Å². The molecule has 0 aliphatic rings. The molecular weight excluding hydrogens is 307 g/mol. The van der Waals surface area contributed by atoms with Crippen LogP contribution < -0.4 is 5.32 Å². The minimum atomic E-state index is -4.33. The van der Waals surface area contributed by atoms with E-state index in [-0.39, 0.29) is 5.91 Å². The van der Waals surface area contributed by atoms with E-state index in [2.05, 4.69) is 10.4 Å². The minimum Gasteiger partial charge on any atom is -0.352 e. The highest BCUT2D eigenvalue weighted by molar-refractivity contribution is 5.91. The zero-order valence-electron chi connectivity index (χ0n) is 12.5. The average Bonchev–Trinajstić information content (AvgIpc) is 2.90. The Morgan fingerprint density at radius 1 is 1.30 bits per heavy atom. The predicted octanol–water partition coefficient (Wildman–Crippen LogP) is 2.81. The summed E-state index contributed by atoms with van der Waals surface area (Å²) in [6.45, 7) is 0.349. The van der Waals surface area contributed by atoms with Crippen molar-refractivity contribution >= 4 is 12.0 Å². The number of amides is 1. The molecule has 0 atom stereocenters. The van der Waals surface area contributed by atoms with Gasteiger partial charge in [-0.2, -0.15) is 18.3 Å². The van der Waals surface area contributed by atoms with Crippen LogP contribution in [-0.2, 0) is 24.4 Å². The van der Waals surface area contributed by atoms with E-state index < -0.39 is 11.7 Å². The lowest BCUT2D eigenvalue weighted by atomic mass is 10.1. The van der Waals surface area contributed by atoms with E-state index in [1.54, 1.807) is 30.2 Å². The lowest BCUT2D eigenvalue weighted by Gasteiger charge is -2.07. The molecule has 4 nitrogen and oxygen atoms in total. The predicted molar refractivity (Wildman–Crippen MR) is 80.4 cm³/mol. The molecule has 0 unspecified atom stereocenters. The molecule has 1 aromatic heterocycles. The lowest BCUT2D eigenvalue weighted by Crippen LogP contribution is -2.23. The minimum absolute atomic E-state index is 0.263. The second-order valence-electron chi connectivity index (χ2n) is 5.02. The Hall–Kier alpha value is -2.57. The van der Waals surface area contributed by atoms with Crippen molar-refractivity contribution in [3.05, 3.63) is 59.4 Å². The van der Waals surface area contributed by atoms with Gasteiger partial charge >= 0.3 is 6.18 Å². The Morgan fingerprint density at radius 2 is 2.00 bits per heavy atom. The first kappa shape index (κ1) is 16.8. The van der Waals surface area contributed by atoms with Crippen LogP contribution in [0.4, 0.5) is 13.2 Å². The first-order valence-corrected chi connectivity index (χ1v) is 6.95. The molecule has 0 radical (unpaired) electrons. The Bertz CT molecular complexity index is 687. The third-order valence-electron chi connectivity index (χ3n) is 3.15. The highest BCUT2D eigenvalue weighted by atomic mass is 19.4. The van der Waals surface area contributed by atoms with E-state index in [1.165, 1.54) is 18.2 Å². The number of carbonyl (C=O) groups is 1. The number of aromatic nitrogens is 2. The molecular formula is C16H16F3N3O. The number of benzene rings is 1. The second-order valence-corrected chi connectivity index (χ2v) is 5.02. The van der Waals surface area contributed by atoms with Gasteiger partial charge in [0.1, 0.15) is 0 Å². The molecule has 1 amide bonds. The van der Waals surface area contributed by atoms with Crippen molar-refractivity contribution in [2.24, 2.45) is 7.05 Å². The van der Waals surface area contributed by atoms with Crippen molar-refractivity contribution in [3.63, 3.8) is 0 Å². The molecule has 0 fully saturated rings. The number of alkyl halides is 3. The number of halogens is 3. The van der Waals surface area contributed by atoms with Crippen molar-refractivity contribution in [2.45, 2.75) is 12.6 Å². The molecule has 0 saturated heterocycles. The molecule has 0 spiro atoms. The summed E-state index contributed by atoms with van der Waals surface area (Å²) in [5.74, 6) is -0.263. The van der Waals surface area contributed by atoms with Crippen LogP contribution in [0.1, 0.15) is 16.7 Å². The van der Waals surface area contributed by atoms with E-state index in [9.17, 15) is 18.0 Å². The van der Waals surface area contributed by atoms with Crippen molar-refractivity contribution in [3.8, 4) is 0 Å². The van der Waals surface area contributed by atoms with Gasteiger partial charge in [0.15, 0.2) is 0 Å². The first-order chi connectivity index (χ1) is 10.8. The van der Waals surface area contributed by atoms with E-state index in [0.29, 0.717) is 13.0 Å². The van der Waals surface area contributed by atoms with Crippen molar-refractivity contribution < 1.29 is 18.0 Å². The van der Waals surface area contributed by atoms with Gasteiger partial charge in [0.25, 0.3) is 0 Å². The number of rotatable bonds is 5. The summed E-state index contributed by atoms with van der Waals surface area (Å²) in [5.41, 5.74) is 0.865. The number of aryl methyl sites for hydroxylation is 1. The first-order valence-electron chi connectivity index (χ1n) is 6.95.